The normalized spacial score (nSPS) is 20.6. The Balaban J connectivity index is 2.15. The van der Waals surface area contributed by atoms with Gasteiger partial charge in [-0.2, -0.15) is 11.8 Å². The molecule has 2 heterocycles. The summed E-state index contributed by atoms with van der Waals surface area (Å²) in [7, 11) is 0. The highest BCUT2D eigenvalue weighted by Crippen LogP contribution is 2.36. The lowest BCUT2D eigenvalue weighted by molar-refractivity contribution is 0.603. The van der Waals surface area contributed by atoms with E-state index in [1.807, 2.05) is 11.3 Å². The molecule has 0 radical (unpaired) electrons. The van der Waals surface area contributed by atoms with Crippen LogP contribution in [-0.2, 0) is 0 Å². The van der Waals surface area contributed by atoms with Gasteiger partial charge in [-0.25, -0.2) is 4.98 Å². The predicted octanol–water partition coefficient (Wildman–Crippen LogP) is 3.45. The van der Waals surface area contributed by atoms with Gasteiger partial charge in [0, 0.05) is 34.5 Å². The Morgan fingerprint density at radius 3 is 2.84 bits per heavy atom. The summed E-state index contributed by atoms with van der Waals surface area (Å²) in [5, 5.41) is 4.68. The monoisotopic (exact) mass is 299 g/mol. The van der Waals surface area contributed by atoms with Crippen LogP contribution in [0.25, 0.3) is 0 Å². The first kappa shape index (κ1) is 15.1. The van der Waals surface area contributed by atoms with Gasteiger partial charge < -0.3 is 10.2 Å². The second-order valence-corrected chi connectivity index (χ2v) is 8.57. The Morgan fingerprint density at radius 2 is 2.21 bits per heavy atom. The Hall–Kier alpha value is -0.260. The molecule has 1 aromatic rings. The van der Waals surface area contributed by atoms with Crippen LogP contribution in [-0.4, -0.2) is 35.1 Å². The van der Waals surface area contributed by atoms with E-state index in [4.69, 9.17) is 4.98 Å². The summed E-state index contributed by atoms with van der Waals surface area (Å²) in [5.41, 5.74) is 1.18. The number of rotatable bonds is 4. The standard InChI is InChI=1S/C14H25N3S2/c1-6-15-10(2)12-11(3)16-13(19-12)17-7-8-18-14(4,5)9-17/h10,15H,6-9H2,1-5H3. The number of aryl methyl sites for hydroxylation is 1. The van der Waals surface area contributed by atoms with Crippen LogP contribution in [0, 0.1) is 6.92 Å². The summed E-state index contributed by atoms with van der Waals surface area (Å²) in [6.07, 6.45) is 0. The second kappa shape index (κ2) is 6.02. The molecule has 5 heteroatoms. The van der Waals surface area contributed by atoms with Gasteiger partial charge >= 0.3 is 0 Å². The number of thiazole rings is 1. The van der Waals surface area contributed by atoms with Gasteiger partial charge in [-0.3, -0.25) is 0 Å². The molecule has 0 spiro atoms. The molecule has 1 atom stereocenters. The van der Waals surface area contributed by atoms with E-state index in [1.165, 1.54) is 21.5 Å². The van der Waals surface area contributed by atoms with Crippen LogP contribution in [0.3, 0.4) is 0 Å². The largest absolute Gasteiger partial charge is 0.346 e. The van der Waals surface area contributed by atoms with Crippen molar-refractivity contribution in [3.8, 4) is 0 Å². The molecule has 1 unspecified atom stereocenters. The summed E-state index contributed by atoms with van der Waals surface area (Å²) in [5.74, 6) is 1.20. The summed E-state index contributed by atoms with van der Waals surface area (Å²) < 4.78 is 0.339. The molecule has 1 aromatic heterocycles. The van der Waals surface area contributed by atoms with Crippen molar-refractivity contribution in [1.82, 2.24) is 10.3 Å². The number of thioether (sulfide) groups is 1. The Labute approximate surface area is 125 Å². The predicted molar refractivity (Wildman–Crippen MR) is 87.7 cm³/mol. The summed E-state index contributed by atoms with van der Waals surface area (Å²) in [4.78, 5) is 8.64. The zero-order valence-corrected chi connectivity index (χ0v) is 14.2. The number of hydrogen-bond acceptors (Lipinski definition) is 5. The fourth-order valence-electron chi connectivity index (χ4n) is 2.51. The van der Waals surface area contributed by atoms with Crippen molar-refractivity contribution in [1.29, 1.82) is 0 Å². The molecule has 1 aliphatic heterocycles. The van der Waals surface area contributed by atoms with Crippen LogP contribution in [0.1, 0.15) is 44.3 Å². The third kappa shape index (κ3) is 3.64. The molecule has 0 amide bonds. The van der Waals surface area contributed by atoms with Gasteiger partial charge in [0.1, 0.15) is 0 Å². The number of nitrogens with one attached hydrogen (secondary N) is 1. The van der Waals surface area contributed by atoms with Crippen molar-refractivity contribution in [2.24, 2.45) is 0 Å². The van der Waals surface area contributed by atoms with Gasteiger partial charge in [0.15, 0.2) is 5.13 Å². The van der Waals surface area contributed by atoms with Crippen molar-refractivity contribution in [2.45, 2.75) is 45.4 Å². The highest BCUT2D eigenvalue weighted by atomic mass is 32.2. The van der Waals surface area contributed by atoms with Crippen molar-refractivity contribution in [3.63, 3.8) is 0 Å². The Morgan fingerprint density at radius 1 is 1.47 bits per heavy atom. The molecule has 19 heavy (non-hydrogen) atoms. The van der Waals surface area contributed by atoms with Crippen molar-refractivity contribution in [3.05, 3.63) is 10.6 Å². The maximum Gasteiger partial charge on any atom is 0.185 e. The molecule has 1 fully saturated rings. The average molecular weight is 300 g/mol. The van der Waals surface area contributed by atoms with Crippen molar-refractivity contribution >= 4 is 28.2 Å². The van der Waals surface area contributed by atoms with E-state index >= 15 is 0 Å². The zero-order valence-electron chi connectivity index (χ0n) is 12.6. The van der Waals surface area contributed by atoms with Gasteiger partial charge in [0.25, 0.3) is 0 Å². The topological polar surface area (TPSA) is 28.2 Å². The SMILES string of the molecule is CCNC(C)c1sc(N2CCSC(C)(C)C2)nc1C. The maximum atomic E-state index is 4.80. The Kier molecular flexibility index (Phi) is 4.79. The summed E-state index contributed by atoms with van der Waals surface area (Å²) in [6, 6.07) is 0.406. The first-order valence-corrected chi connectivity index (χ1v) is 8.83. The minimum absolute atomic E-state index is 0.339. The van der Waals surface area contributed by atoms with Gasteiger partial charge in [0.05, 0.1) is 5.69 Å². The first-order chi connectivity index (χ1) is 8.93. The molecule has 0 saturated carbocycles. The maximum absolute atomic E-state index is 4.80. The van der Waals surface area contributed by atoms with E-state index in [0.29, 0.717) is 10.8 Å². The molecule has 0 bridgehead atoms. The second-order valence-electron chi connectivity index (χ2n) is 5.76. The van der Waals surface area contributed by atoms with Crippen molar-refractivity contribution in [2.75, 3.05) is 30.3 Å². The van der Waals surface area contributed by atoms with Crippen LogP contribution in [0.15, 0.2) is 0 Å². The first-order valence-electron chi connectivity index (χ1n) is 7.02. The smallest absolute Gasteiger partial charge is 0.185 e. The van der Waals surface area contributed by atoms with E-state index in [1.54, 1.807) is 0 Å². The lowest BCUT2D eigenvalue weighted by Crippen LogP contribution is -2.43. The van der Waals surface area contributed by atoms with E-state index in [2.05, 4.69) is 56.6 Å². The fraction of sp³-hybridized carbons (Fsp3) is 0.786. The minimum atomic E-state index is 0.339. The van der Waals surface area contributed by atoms with Crippen molar-refractivity contribution < 1.29 is 0 Å². The number of nitrogens with zero attached hydrogens (tertiary/aromatic N) is 2. The van der Waals surface area contributed by atoms with E-state index in [0.717, 1.165) is 19.6 Å². The highest BCUT2D eigenvalue weighted by molar-refractivity contribution is 8.00. The van der Waals surface area contributed by atoms with Crippen LogP contribution in [0.4, 0.5) is 5.13 Å². The van der Waals surface area contributed by atoms with Gasteiger partial charge in [0.2, 0.25) is 0 Å². The third-order valence-electron chi connectivity index (χ3n) is 3.42. The molecule has 1 aliphatic rings. The van der Waals surface area contributed by atoms with Crippen LogP contribution in [0.2, 0.25) is 0 Å². The molecule has 0 aromatic carbocycles. The summed E-state index contributed by atoms with van der Waals surface area (Å²) in [6.45, 7) is 14.4. The number of anilines is 1. The van der Waals surface area contributed by atoms with Crippen LogP contribution < -0.4 is 10.2 Å². The third-order valence-corrected chi connectivity index (χ3v) is 6.12. The minimum Gasteiger partial charge on any atom is -0.346 e. The van der Waals surface area contributed by atoms with Gasteiger partial charge in [-0.15, -0.1) is 11.3 Å². The van der Waals surface area contributed by atoms with Gasteiger partial charge in [-0.1, -0.05) is 6.92 Å². The Bertz CT molecular complexity index is 428. The average Bonchev–Trinajstić information content (AvgIpc) is 2.70. The molecule has 108 valence electrons. The number of hydrogen-bond donors (Lipinski definition) is 1. The molecule has 1 saturated heterocycles. The van der Waals surface area contributed by atoms with Crippen LogP contribution >= 0.6 is 23.1 Å². The molecule has 3 nitrogen and oxygen atoms in total. The molecular formula is C14H25N3S2. The van der Waals surface area contributed by atoms with E-state index < -0.39 is 0 Å². The number of aromatic nitrogens is 1. The molecule has 1 N–H and O–H groups in total. The lowest BCUT2D eigenvalue weighted by Gasteiger charge is -2.37. The lowest BCUT2D eigenvalue weighted by atomic mass is 10.2. The van der Waals surface area contributed by atoms with Crippen LogP contribution in [0.5, 0.6) is 0 Å². The van der Waals surface area contributed by atoms with E-state index in [-0.39, 0.29) is 0 Å². The van der Waals surface area contributed by atoms with E-state index in [9.17, 15) is 0 Å². The summed E-state index contributed by atoms with van der Waals surface area (Å²) >= 11 is 3.92. The quantitative estimate of drug-likeness (QED) is 0.921. The highest BCUT2D eigenvalue weighted by Gasteiger charge is 2.29. The molecular weight excluding hydrogens is 274 g/mol. The molecule has 0 aliphatic carbocycles. The van der Waals surface area contributed by atoms with Gasteiger partial charge in [-0.05, 0) is 34.2 Å². The zero-order chi connectivity index (χ0) is 14.0. The molecule has 2 rings (SSSR count). The fourth-order valence-corrected chi connectivity index (χ4v) is 4.74.